The molecule has 0 saturated heterocycles. The number of aromatic hydroxyl groups is 2. The minimum absolute atomic E-state index is 0.0518. The third-order valence-electron chi connectivity index (χ3n) is 5.24. The molecule has 0 fully saturated rings. The molecule has 0 saturated carbocycles. The number of hydrogen-bond donors (Lipinski definition) is 2. The van der Waals surface area contributed by atoms with Gasteiger partial charge in [0.1, 0.15) is 6.10 Å². The van der Waals surface area contributed by atoms with Crippen molar-refractivity contribution in [2.45, 2.75) is 31.0 Å². The Kier molecular flexibility index (Phi) is 4.24. The molecule has 0 amide bonds. The van der Waals surface area contributed by atoms with Crippen molar-refractivity contribution in [1.82, 2.24) is 0 Å². The molecule has 3 atom stereocenters. The first-order valence-corrected chi connectivity index (χ1v) is 8.71. The Balaban J connectivity index is 1.64. The second-order valence-corrected chi connectivity index (χ2v) is 6.70. The highest BCUT2D eigenvalue weighted by atomic mass is 16.5. The number of methoxy groups -OCH3 is 2. The summed E-state index contributed by atoms with van der Waals surface area (Å²) in [5.74, 6) is 1.36. The van der Waals surface area contributed by atoms with Crippen molar-refractivity contribution in [3.05, 3.63) is 59.2 Å². The van der Waals surface area contributed by atoms with E-state index >= 15 is 0 Å². The summed E-state index contributed by atoms with van der Waals surface area (Å²) < 4.78 is 16.7. The van der Waals surface area contributed by atoms with E-state index in [4.69, 9.17) is 14.2 Å². The highest BCUT2D eigenvalue weighted by molar-refractivity contribution is 5.51. The maximum Gasteiger partial charge on any atom is 0.160 e. The first-order chi connectivity index (χ1) is 12.6. The Bertz CT molecular complexity index is 858. The number of ether oxygens (including phenoxy) is 3. The number of phenols is 2. The highest BCUT2D eigenvalue weighted by Crippen LogP contribution is 2.44. The van der Waals surface area contributed by atoms with Crippen molar-refractivity contribution >= 4 is 0 Å². The van der Waals surface area contributed by atoms with Crippen LogP contribution in [0.25, 0.3) is 0 Å². The lowest BCUT2D eigenvalue weighted by Gasteiger charge is -2.37. The van der Waals surface area contributed by atoms with Crippen LogP contribution in [0.5, 0.6) is 23.0 Å². The molecule has 1 heterocycles. The van der Waals surface area contributed by atoms with Gasteiger partial charge in [0.15, 0.2) is 23.0 Å². The Morgan fingerprint density at radius 2 is 1.73 bits per heavy atom. The zero-order valence-electron chi connectivity index (χ0n) is 14.8. The number of hydrogen-bond acceptors (Lipinski definition) is 5. The second-order valence-electron chi connectivity index (χ2n) is 6.70. The van der Waals surface area contributed by atoms with Gasteiger partial charge in [0.25, 0.3) is 0 Å². The lowest BCUT2D eigenvalue weighted by Crippen LogP contribution is -2.31. The molecule has 0 bridgehead atoms. The van der Waals surface area contributed by atoms with Gasteiger partial charge in [-0.3, -0.25) is 0 Å². The van der Waals surface area contributed by atoms with Gasteiger partial charge in [0.2, 0.25) is 0 Å². The third kappa shape index (κ3) is 2.78. The SMILES string of the molecule is COc1ccc([C@@H]2C=C[C@@H]3c4cc(OC)c(O)cc4CC[C@H]3O2)cc1O. The van der Waals surface area contributed by atoms with Crippen molar-refractivity contribution in [2.75, 3.05) is 14.2 Å². The van der Waals surface area contributed by atoms with Gasteiger partial charge in [-0.15, -0.1) is 0 Å². The smallest absolute Gasteiger partial charge is 0.160 e. The Morgan fingerprint density at radius 3 is 2.46 bits per heavy atom. The molecule has 0 spiro atoms. The summed E-state index contributed by atoms with van der Waals surface area (Å²) in [6.07, 6.45) is 5.77. The number of phenolic OH excluding ortho intramolecular Hbond substituents is 2. The van der Waals surface area contributed by atoms with Crippen LogP contribution in [0.3, 0.4) is 0 Å². The van der Waals surface area contributed by atoms with Crippen molar-refractivity contribution in [1.29, 1.82) is 0 Å². The molecule has 0 aromatic heterocycles. The molecule has 2 aromatic carbocycles. The molecule has 5 heteroatoms. The molecule has 26 heavy (non-hydrogen) atoms. The number of benzene rings is 2. The molecule has 136 valence electrons. The fourth-order valence-corrected chi connectivity index (χ4v) is 3.90. The Labute approximate surface area is 152 Å². The van der Waals surface area contributed by atoms with Crippen LogP contribution < -0.4 is 9.47 Å². The van der Waals surface area contributed by atoms with Crippen LogP contribution in [0.15, 0.2) is 42.5 Å². The van der Waals surface area contributed by atoms with Crippen molar-refractivity contribution in [3.8, 4) is 23.0 Å². The summed E-state index contributed by atoms with van der Waals surface area (Å²) >= 11 is 0. The normalized spacial score (nSPS) is 23.8. The summed E-state index contributed by atoms with van der Waals surface area (Å²) in [5, 5.41) is 20.0. The van der Waals surface area contributed by atoms with Gasteiger partial charge in [-0.25, -0.2) is 0 Å². The van der Waals surface area contributed by atoms with E-state index in [9.17, 15) is 10.2 Å². The summed E-state index contributed by atoms with van der Waals surface area (Å²) in [4.78, 5) is 0. The monoisotopic (exact) mass is 354 g/mol. The lowest BCUT2D eigenvalue weighted by atomic mass is 9.78. The zero-order valence-corrected chi connectivity index (χ0v) is 14.8. The van der Waals surface area contributed by atoms with E-state index in [2.05, 4.69) is 6.08 Å². The van der Waals surface area contributed by atoms with Crippen LogP contribution in [0, 0.1) is 0 Å². The topological polar surface area (TPSA) is 68.2 Å². The average molecular weight is 354 g/mol. The van der Waals surface area contributed by atoms with E-state index in [0.717, 1.165) is 29.5 Å². The molecule has 1 aliphatic heterocycles. The van der Waals surface area contributed by atoms with E-state index in [-0.39, 0.29) is 29.6 Å². The summed E-state index contributed by atoms with van der Waals surface area (Å²) in [5.41, 5.74) is 3.17. The van der Waals surface area contributed by atoms with Gasteiger partial charge in [-0.05, 0) is 53.8 Å². The van der Waals surface area contributed by atoms with E-state index in [1.165, 1.54) is 7.11 Å². The van der Waals surface area contributed by atoms with E-state index in [0.29, 0.717) is 11.5 Å². The lowest BCUT2D eigenvalue weighted by molar-refractivity contribution is -0.0140. The van der Waals surface area contributed by atoms with Crippen LogP contribution in [0.4, 0.5) is 0 Å². The second kappa shape index (κ2) is 6.57. The minimum atomic E-state index is -0.200. The molecule has 2 aromatic rings. The van der Waals surface area contributed by atoms with Crippen LogP contribution in [0.2, 0.25) is 0 Å². The Morgan fingerprint density at radius 1 is 0.962 bits per heavy atom. The predicted molar refractivity (Wildman–Crippen MR) is 97.1 cm³/mol. The molecular formula is C21H22O5. The Hall–Kier alpha value is -2.66. The number of fused-ring (bicyclic) bond motifs is 3. The first-order valence-electron chi connectivity index (χ1n) is 8.71. The molecule has 0 unspecified atom stereocenters. The van der Waals surface area contributed by atoms with Gasteiger partial charge < -0.3 is 24.4 Å². The van der Waals surface area contributed by atoms with Crippen molar-refractivity contribution < 1.29 is 24.4 Å². The molecule has 2 N–H and O–H groups in total. The fourth-order valence-electron chi connectivity index (χ4n) is 3.90. The maximum atomic E-state index is 10.0. The zero-order chi connectivity index (χ0) is 18.3. The van der Waals surface area contributed by atoms with Gasteiger partial charge >= 0.3 is 0 Å². The van der Waals surface area contributed by atoms with Crippen molar-refractivity contribution in [2.24, 2.45) is 0 Å². The van der Waals surface area contributed by atoms with Crippen LogP contribution in [0.1, 0.15) is 35.1 Å². The summed E-state index contributed by atoms with van der Waals surface area (Å²) in [6, 6.07) is 9.05. The first kappa shape index (κ1) is 16.8. The summed E-state index contributed by atoms with van der Waals surface area (Å²) in [6.45, 7) is 0. The van der Waals surface area contributed by atoms with Crippen LogP contribution in [-0.4, -0.2) is 30.5 Å². The maximum absolute atomic E-state index is 10.0. The van der Waals surface area contributed by atoms with Crippen LogP contribution >= 0.6 is 0 Å². The molecule has 5 nitrogen and oxygen atoms in total. The standard InChI is InChI=1S/C21H22O5/c1-24-20-7-4-13(10-16(20)22)18-8-5-14-15-11-21(25-2)17(23)9-12(15)3-6-19(14)26-18/h4-5,7-11,14,18-19,22-23H,3,6H2,1-2H3/t14-,18+,19-/m1/s1. The van der Waals surface area contributed by atoms with Crippen LogP contribution in [-0.2, 0) is 11.2 Å². The van der Waals surface area contributed by atoms with Gasteiger partial charge in [0.05, 0.1) is 20.3 Å². The van der Waals surface area contributed by atoms with E-state index in [1.54, 1.807) is 25.3 Å². The van der Waals surface area contributed by atoms with Gasteiger partial charge in [0, 0.05) is 5.92 Å². The average Bonchev–Trinajstić information content (AvgIpc) is 2.66. The number of rotatable bonds is 3. The highest BCUT2D eigenvalue weighted by Gasteiger charge is 2.34. The third-order valence-corrected chi connectivity index (χ3v) is 5.24. The van der Waals surface area contributed by atoms with E-state index < -0.39 is 0 Å². The summed E-state index contributed by atoms with van der Waals surface area (Å²) in [7, 11) is 3.09. The van der Waals surface area contributed by atoms with Gasteiger partial charge in [-0.2, -0.15) is 0 Å². The van der Waals surface area contributed by atoms with E-state index in [1.807, 2.05) is 18.2 Å². The molecular weight excluding hydrogens is 332 g/mol. The molecule has 0 radical (unpaired) electrons. The predicted octanol–water partition coefficient (Wildman–Crippen LogP) is 3.84. The van der Waals surface area contributed by atoms with Gasteiger partial charge in [-0.1, -0.05) is 18.2 Å². The molecule has 2 aliphatic rings. The molecule has 4 rings (SSSR count). The number of aryl methyl sites for hydroxylation is 1. The quantitative estimate of drug-likeness (QED) is 0.820. The minimum Gasteiger partial charge on any atom is -0.504 e. The molecule has 1 aliphatic carbocycles. The largest absolute Gasteiger partial charge is 0.504 e. The van der Waals surface area contributed by atoms with Crippen molar-refractivity contribution in [3.63, 3.8) is 0 Å². The fraction of sp³-hybridized carbons (Fsp3) is 0.333.